The van der Waals surface area contributed by atoms with Crippen molar-refractivity contribution in [2.75, 3.05) is 39.8 Å². The molecule has 240 valence electrons. The topological polar surface area (TPSA) is 171 Å². The zero-order valence-electron chi connectivity index (χ0n) is 25.9. The first-order chi connectivity index (χ1) is 20.6. The highest BCUT2D eigenvalue weighted by molar-refractivity contribution is 5.77. The average Bonchev–Trinajstić information content (AvgIpc) is 2.97. The molecule has 0 amide bonds. The highest BCUT2D eigenvalue weighted by atomic mass is 16.5. The second kappa shape index (κ2) is 17.3. The van der Waals surface area contributed by atoms with Crippen LogP contribution in [0.5, 0.6) is 11.5 Å². The van der Waals surface area contributed by atoms with Crippen LogP contribution in [0.3, 0.4) is 0 Å². The maximum Gasteiger partial charge on any atom is 0.302 e. The molecule has 3 rings (SSSR count). The molecule has 5 atom stereocenters. The van der Waals surface area contributed by atoms with Gasteiger partial charge in [0.25, 0.3) is 0 Å². The minimum Gasteiger partial charge on any atom is -0.504 e. The molecule has 1 heterocycles. The lowest BCUT2D eigenvalue weighted by Crippen LogP contribution is -2.43. The second-order valence-electron chi connectivity index (χ2n) is 12.0. The van der Waals surface area contributed by atoms with Crippen LogP contribution < -0.4 is 26.4 Å². The van der Waals surface area contributed by atoms with Gasteiger partial charge in [0.2, 0.25) is 0 Å². The lowest BCUT2D eigenvalue weighted by molar-refractivity contribution is -0.151. The van der Waals surface area contributed by atoms with E-state index in [1.165, 1.54) is 6.92 Å². The maximum absolute atomic E-state index is 12.1. The molecule has 0 bridgehead atoms. The number of nitrogens with one attached hydrogen (secondary N) is 3. The van der Waals surface area contributed by atoms with E-state index in [1.807, 2.05) is 12.1 Å². The van der Waals surface area contributed by atoms with Gasteiger partial charge >= 0.3 is 5.97 Å². The molecule has 1 aromatic carbocycles. The Balaban J connectivity index is 1.87. The Bertz CT molecular complexity index is 1110. The third-order valence-electron chi connectivity index (χ3n) is 8.19. The Morgan fingerprint density at radius 1 is 1.30 bits per heavy atom. The van der Waals surface area contributed by atoms with E-state index in [9.17, 15) is 20.1 Å². The van der Waals surface area contributed by atoms with Gasteiger partial charge in [0.1, 0.15) is 12.2 Å². The molecule has 2 aliphatic rings. The molecular weight excluding hydrogens is 550 g/mol. The molecule has 8 N–H and O–H groups in total. The third-order valence-corrected chi connectivity index (χ3v) is 8.19. The van der Waals surface area contributed by atoms with Crippen molar-refractivity contribution in [2.24, 2.45) is 22.1 Å². The predicted molar refractivity (Wildman–Crippen MR) is 167 cm³/mol. The Morgan fingerprint density at radius 2 is 2.07 bits per heavy atom. The van der Waals surface area contributed by atoms with Crippen LogP contribution in [0, 0.1) is 23.2 Å². The summed E-state index contributed by atoms with van der Waals surface area (Å²) in [5.41, 5.74) is 6.39. The van der Waals surface area contributed by atoms with Crippen molar-refractivity contribution >= 4 is 11.9 Å². The number of aliphatic hydroxyl groups excluding tert-OH is 2. The van der Waals surface area contributed by atoms with E-state index < -0.39 is 29.7 Å². The summed E-state index contributed by atoms with van der Waals surface area (Å²) in [6, 6.07) is 5.36. The fraction of sp³-hybridized carbons (Fsp3) is 0.688. The van der Waals surface area contributed by atoms with Crippen molar-refractivity contribution in [3.63, 3.8) is 0 Å². The Labute approximate surface area is 256 Å². The zero-order valence-corrected chi connectivity index (χ0v) is 25.9. The van der Waals surface area contributed by atoms with E-state index in [0.717, 1.165) is 31.5 Å². The van der Waals surface area contributed by atoms with E-state index >= 15 is 0 Å². The number of guanidine groups is 1. The average molecular weight is 602 g/mol. The number of nitrogens with two attached hydrogens (primary N) is 1. The van der Waals surface area contributed by atoms with Gasteiger partial charge < -0.3 is 46.5 Å². The molecule has 1 fully saturated rings. The van der Waals surface area contributed by atoms with Gasteiger partial charge in [-0.25, -0.2) is 0 Å². The van der Waals surface area contributed by atoms with Crippen LogP contribution in [0.25, 0.3) is 0 Å². The number of aromatic hydroxyl groups is 1. The number of phenols is 1. The number of carbonyl (C=O) groups is 1. The first-order valence-electron chi connectivity index (χ1n) is 15.5. The number of carbonyl (C=O) groups excluding carboxylic acids is 1. The monoisotopic (exact) mass is 601 g/mol. The van der Waals surface area contributed by atoms with Gasteiger partial charge in [-0.1, -0.05) is 12.0 Å². The molecule has 1 aromatic rings. The van der Waals surface area contributed by atoms with Crippen molar-refractivity contribution in [1.29, 1.82) is 0 Å². The van der Waals surface area contributed by atoms with E-state index in [-0.39, 0.29) is 17.8 Å². The van der Waals surface area contributed by atoms with Crippen LogP contribution in [-0.2, 0) is 16.0 Å². The van der Waals surface area contributed by atoms with Gasteiger partial charge in [0.05, 0.1) is 17.6 Å². The highest BCUT2D eigenvalue weighted by Gasteiger charge is 2.33. The predicted octanol–water partition coefficient (Wildman–Crippen LogP) is 1.43. The smallest absolute Gasteiger partial charge is 0.302 e. The van der Waals surface area contributed by atoms with Gasteiger partial charge in [-0.3, -0.25) is 9.79 Å². The number of rotatable bonds is 12. The number of nitrogens with zero attached hydrogens (tertiary/aromatic N) is 1. The van der Waals surface area contributed by atoms with Crippen LogP contribution in [0.15, 0.2) is 23.2 Å². The molecule has 11 nitrogen and oxygen atoms in total. The summed E-state index contributed by atoms with van der Waals surface area (Å²) in [5, 5.41) is 41.1. The summed E-state index contributed by atoms with van der Waals surface area (Å²) in [5.74, 6) is 7.19. The number of aliphatic hydroxyl groups is 2. The van der Waals surface area contributed by atoms with E-state index in [1.54, 1.807) is 20.0 Å². The Kier molecular flexibility index (Phi) is 13.9. The van der Waals surface area contributed by atoms with Crippen molar-refractivity contribution in [3.8, 4) is 23.3 Å². The minimum atomic E-state index is -0.702. The number of ether oxygens (including phenoxy) is 2. The van der Waals surface area contributed by atoms with E-state index in [2.05, 4.69) is 32.8 Å². The molecule has 1 saturated heterocycles. The summed E-state index contributed by atoms with van der Waals surface area (Å²) in [4.78, 5) is 16.1. The van der Waals surface area contributed by atoms with Crippen molar-refractivity contribution < 1.29 is 29.6 Å². The van der Waals surface area contributed by atoms with Crippen LogP contribution in [0.1, 0.15) is 64.4 Å². The first kappa shape index (κ1) is 34.5. The minimum absolute atomic E-state index is 0.0365. The van der Waals surface area contributed by atoms with Gasteiger partial charge in [-0.05, 0) is 82.8 Å². The van der Waals surface area contributed by atoms with Gasteiger partial charge in [-0.2, -0.15) is 0 Å². The summed E-state index contributed by atoms with van der Waals surface area (Å²) >= 11 is 0. The van der Waals surface area contributed by atoms with E-state index in [4.69, 9.17) is 15.2 Å². The van der Waals surface area contributed by atoms with Crippen LogP contribution in [0.4, 0.5) is 0 Å². The van der Waals surface area contributed by atoms with Crippen molar-refractivity contribution in [2.45, 2.75) is 89.6 Å². The van der Waals surface area contributed by atoms with Gasteiger partial charge in [0, 0.05) is 45.8 Å². The fourth-order valence-corrected chi connectivity index (χ4v) is 5.71. The molecule has 0 saturated carbocycles. The molecule has 5 unspecified atom stereocenters. The summed E-state index contributed by atoms with van der Waals surface area (Å²) in [7, 11) is 1.62. The number of aliphatic imine (C=N–C) groups is 1. The second-order valence-corrected chi connectivity index (χ2v) is 12.0. The molecular formula is C32H51N5O6. The SMILES string of the molecule is CN=C(N)NCC1(CCNCC(C)O)C#CCC(Cc2ccc(O)c(OC3CCNCC3)c2)C(OC(C)=O)CC(O)CC1. The standard InChI is InChI=1S/C32H51N5O6/c1-22(38)20-36-16-13-32(21-37-31(33)34-3)11-4-5-25(29(42-23(2)39)19-26(40)8-12-32)17-24-6-7-28(41)30(18-24)43-27-9-14-35-15-10-27/h6-7,18,22,25-27,29,35-36,38,40-41H,5,8-10,12-17,19-21H2,1-3H3,(H3,33,34,37). The first-order valence-corrected chi connectivity index (χ1v) is 15.5. The summed E-state index contributed by atoms with van der Waals surface area (Å²) < 4.78 is 11.9. The number of piperidine rings is 1. The molecule has 1 aliphatic carbocycles. The number of hydrogen-bond acceptors (Lipinski definition) is 9. The largest absolute Gasteiger partial charge is 0.504 e. The fourth-order valence-electron chi connectivity index (χ4n) is 5.71. The number of phenolic OH excluding ortho intramolecular Hbond substituents is 1. The Morgan fingerprint density at radius 3 is 2.77 bits per heavy atom. The van der Waals surface area contributed by atoms with Crippen molar-refractivity contribution in [3.05, 3.63) is 23.8 Å². The van der Waals surface area contributed by atoms with Gasteiger partial charge in [-0.15, -0.1) is 5.92 Å². The van der Waals surface area contributed by atoms with Crippen LogP contribution in [0.2, 0.25) is 0 Å². The van der Waals surface area contributed by atoms with Gasteiger partial charge in [0.15, 0.2) is 17.5 Å². The van der Waals surface area contributed by atoms with Crippen LogP contribution in [-0.4, -0.2) is 91.4 Å². The van der Waals surface area contributed by atoms with Crippen LogP contribution >= 0.6 is 0 Å². The zero-order chi connectivity index (χ0) is 31.2. The molecule has 0 radical (unpaired) electrons. The number of esters is 1. The number of hydrogen-bond donors (Lipinski definition) is 7. The lowest BCUT2D eigenvalue weighted by Gasteiger charge is -2.33. The number of benzene rings is 1. The molecule has 43 heavy (non-hydrogen) atoms. The highest BCUT2D eigenvalue weighted by Crippen LogP contribution is 2.34. The normalized spacial score (nSPS) is 26.1. The molecule has 1 aliphatic heterocycles. The molecule has 0 spiro atoms. The quantitative estimate of drug-likeness (QED) is 0.0611. The van der Waals surface area contributed by atoms with E-state index in [0.29, 0.717) is 69.9 Å². The maximum atomic E-state index is 12.1. The summed E-state index contributed by atoms with van der Waals surface area (Å²) in [6.07, 6.45) is 3.11. The molecule has 11 heteroatoms. The summed E-state index contributed by atoms with van der Waals surface area (Å²) in [6.45, 7) is 6.44. The Hall–Kier alpha value is -3.04. The lowest BCUT2D eigenvalue weighted by atomic mass is 9.77. The van der Waals surface area contributed by atoms with Crippen molar-refractivity contribution in [1.82, 2.24) is 16.0 Å². The molecule has 0 aromatic heterocycles. The third kappa shape index (κ3) is 11.9.